The van der Waals surface area contributed by atoms with Crippen molar-refractivity contribution in [1.29, 1.82) is 0 Å². The molecule has 0 spiro atoms. The number of rotatable bonds is 2. The van der Waals surface area contributed by atoms with Crippen LogP contribution < -0.4 is 0 Å². The number of thioether (sulfide) groups is 1. The summed E-state index contributed by atoms with van der Waals surface area (Å²) >= 11 is 1.86. The summed E-state index contributed by atoms with van der Waals surface area (Å²) in [5.41, 5.74) is 2.65. The Morgan fingerprint density at radius 2 is 1.94 bits per heavy atom. The molecule has 88 valence electrons. The Labute approximate surface area is 102 Å². The quantitative estimate of drug-likeness (QED) is 0.845. The van der Waals surface area contributed by atoms with Crippen LogP contribution in [0.5, 0.6) is 0 Å². The third-order valence-electron chi connectivity index (χ3n) is 3.28. The van der Waals surface area contributed by atoms with E-state index in [9.17, 15) is 5.11 Å². The maximum atomic E-state index is 9.95. The van der Waals surface area contributed by atoms with Crippen molar-refractivity contribution in [2.75, 3.05) is 0 Å². The predicted molar refractivity (Wildman–Crippen MR) is 70.0 cm³/mol. The van der Waals surface area contributed by atoms with Gasteiger partial charge in [-0.3, -0.25) is 0 Å². The number of aryl methyl sites for hydroxylation is 2. The maximum Gasteiger partial charge on any atom is 0.0662 e. The first-order valence-electron chi connectivity index (χ1n) is 6.09. The molecule has 1 aromatic rings. The fraction of sp³-hybridized carbons (Fsp3) is 0.571. The van der Waals surface area contributed by atoms with Gasteiger partial charge >= 0.3 is 0 Å². The van der Waals surface area contributed by atoms with Crippen molar-refractivity contribution < 1.29 is 5.11 Å². The molecule has 0 unspecified atom stereocenters. The van der Waals surface area contributed by atoms with Gasteiger partial charge in [0, 0.05) is 10.1 Å². The van der Waals surface area contributed by atoms with Crippen LogP contribution >= 0.6 is 11.8 Å². The number of hydrogen-bond acceptors (Lipinski definition) is 2. The third-order valence-corrected chi connectivity index (χ3v) is 4.84. The lowest BCUT2D eigenvalue weighted by molar-refractivity contribution is 0.137. The first-order valence-corrected chi connectivity index (χ1v) is 6.97. The van der Waals surface area contributed by atoms with E-state index in [1.54, 1.807) is 0 Å². The van der Waals surface area contributed by atoms with Crippen molar-refractivity contribution in [2.45, 2.75) is 55.8 Å². The lowest BCUT2D eigenvalue weighted by Gasteiger charge is -2.27. The lowest BCUT2D eigenvalue weighted by Crippen LogP contribution is -2.26. The fourth-order valence-corrected chi connectivity index (χ4v) is 3.60. The molecule has 1 aliphatic rings. The molecule has 1 saturated carbocycles. The van der Waals surface area contributed by atoms with Crippen LogP contribution in [-0.2, 0) is 0 Å². The molecule has 1 aliphatic carbocycles. The van der Waals surface area contributed by atoms with Crippen LogP contribution in [0.2, 0.25) is 0 Å². The van der Waals surface area contributed by atoms with Gasteiger partial charge in [-0.05, 0) is 38.3 Å². The minimum atomic E-state index is -0.112. The van der Waals surface area contributed by atoms with Crippen molar-refractivity contribution in [2.24, 2.45) is 0 Å². The summed E-state index contributed by atoms with van der Waals surface area (Å²) < 4.78 is 0. The minimum Gasteiger partial charge on any atom is -0.392 e. The Kier molecular flexibility index (Phi) is 3.93. The molecule has 2 rings (SSSR count). The first kappa shape index (κ1) is 12.0. The highest BCUT2D eigenvalue weighted by Gasteiger charge is 2.24. The third kappa shape index (κ3) is 2.80. The Balaban J connectivity index is 2.07. The summed E-state index contributed by atoms with van der Waals surface area (Å²) in [6.45, 7) is 4.28. The van der Waals surface area contributed by atoms with Gasteiger partial charge in [-0.1, -0.05) is 30.5 Å². The monoisotopic (exact) mass is 236 g/mol. The van der Waals surface area contributed by atoms with Gasteiger partial charge in [-0.2, -0.15) is 0 Å². The van der Waals surface area contributed by atoms with E-state index in [1.807, 2.05) is 11.8 Å². The molecule has 1 N–H and O–H groups in total. The van der Waals surface area contributed by atoms with Crippen LogP contribution in [0.15, 0.2) is 23.1 Å². The second kappa shape index (κ2) is 5.24. The zero-order chi connectivity index (χ0) is 11.5. The van der Waals surface area contributed by atoms with E-state index in [4.69, 9.17) is 0 Å². The normalized spacial score (nSPS) is 25.7. The highest BCUT2D eigenvalue weighted by Crippen LogP contribution is 2.35. The predicted octanol–water partition coefficient (Wildman–Crippen LogP) is 3.70. The van der Waals surface area contributed by atoms with Gasteiger partial charge in [0.15, 0.2) is 0 Å². The van der Waals surface area contributed by atoms with E-state index in [2.05, 4.69) is 32.0 Å². The van der Waals surface area contributed by atoms with Gasteiger partial charge in [0.1, 0.15) is 0 Å². The molecule has 0 saturated heterocycles. The molecule has 0 aliphatic heterocycles. The Morgan fingerprint density at radius 1 is 1.19 bits per heavy atom. The summed E-state index contributed by atoms with van der Waals surface area (Å²) in [6.07, 6.45) is 4.46. The average molecular weight is 236 g/mol. The standard InChI is InChI=1S/C14H20OS/c1-10-7-8-13(11(2)9-10)16-14-6-4-3-5-12(14)15/h7-9,12,14-15H,3-6H2,1-2H3/t12-,14-/m0/s1. The Hall–Kier alpha value is -0.470. The second-order valence-corrected chi connectivity index (χ2v) is 6.06. The molecule has 1 aromatic carbocycles. The molecule has 1 fully saturated rings. The van der Waals surface area contributed by atoms with Crippen LogP contribution in [0, 0.1) is 13.8 Å². The zero-order valence-corrected chi connectivity index (χ0v) is 10.9. The molecule has 0 heterocycles. The van der Waals surface area contributed by atoms with Crippen LogP contribution in [0.3, 0.4) is 0 Å². The number of aliphatic hydroxyl groups is 1. The summed E-state index contributed by atoms with van der Waals surface area (Å²) in [7, 11) is 0. The van der Waals surface area contributed by atoms with Crippen molar-refractivity contribution in [3.05, 3.63) is 29.3 Å². The molecule has 16 heavy (non-hydrogen) atoms. The van der Waals surface area contributed by atoms with Crippen molar-refractivity contribution >= 4 is 11.8 Å². The molecule has 0 radical (unpaired) electrons. The summed E-state index contributed by atoms with van der Waals surface area (Å²) in [4.78, 5) is 1.33. The lowest BCUT2D eigenvalue weighted by atomic mass is 9.97. The van der Waals surface area contributed by atoms with E-state index < -0.39 is 0 Å². The molecule has 0 aromatic heterocycles. The van der Waals surface area contributed by atoms with E-state index in [1.165, 1.54) is 28.9 Å². The van der Waals surface area contributed by atoms with Gasteiger partial charge in [0.25, 0.3) is 0 Å². The summed E-state index contributed by atoms with van der Waals surface area (Å²) in [6, 6.07) is 6.57. The molecule has 0 amide bonds. The summed E-state index contributed by atoms with van der Waals surface area (Å²) in [5, 5.41) is 10.4. The van der Waals surface area contributed by atoms with Gasteiger partial charge < -0.3 is 5.11 Å². The smallest absolute Gasteiger partial charge is 0.0662 e. The highest BCUT2D eigenvalue weighted by molar-refractivity contribution is 8.00. The van der Waals surface area contributed by atoms with Crippen molar-refractivity contribution in [1.82, 2.24) is 0 Å². The number of hydrogen-bond donors (Lipinski definition) is 1. The van der Waals surface area contributed by atoms with Crippen LogP contribution in [0.1, 0.15) is 36.8 Å². The van der Waals surface area contributed by atoms with Crippen LogP contribution in [0.25, 0.3) is 0 Å². The van der Waals surface area contributed by atoms with E-state index in [0.717, 1.165) is 12.8 Å². The SMILES string of the molecule is Cc1ccc(S[C@H]2CCCC[C@@H]2O)c(C)c1. The Bertz CT molecular complexity index is 362. The minimum absolute atomic E-state index is 0.112. The molecule has 1 nitrogen and oxygen atoms in total. The molecular weight excluding hydrogens is 216 g/mol. The van der Waals surface area contributed by atoms with E-state index in [-0.39, 0.29) is 6.10 Å². The zero-order valence-electron chi connectivity index (χ0n) is 10.1. The maximum absolute atomic E-state index is 9.95. The molecule has 2 atom stereocenters. The highest BCUT2D eigenvalue weighted by atomic mass is 32.2. The van der Waals surface area contributed by atoms with Gasteiger partial charge in [-0.15, -0.1) is 11.8 Å². The largest absolute Gasteiger partial charge is 0.392 e. The van der Waals surface area contributed by atoms with E-state index >= 15 is 0 Å². The van der Waals surface area contributed by atoms with Gasteiger partial charge in [0.05, 0.1) is 6.10 Å². The summed E-state index contributed by atoms with van der Waals surface area (Å²) in [5.74, 6) is 0. The van der Waals surface area contributed by atoms with Gasteiger partial charge in [-0.25, -0.2) is 0 Å². The van der Waals surface area contributed by atoms with Crippen LogP contribution in [-0.4, -0.2) is 16.5 Å². The molecule has 2 heteroatoms. The van der Waals surface area contributed by atoms with Crippen LogP contribution in [0.4, 0.5) is 0 Å². The molecule has 0 bridgehead atoms. The number of benzene rings is 1. The second-order valence-electron chi connectivity index (χ2n) is 4.78. The van der Waals surface area contributed by atoms with Gasteiger partial charge in [0.2, 0.25) is 0 Å². The number of aliphatic hydroxyl groups excluding tert-OH is 1. The van der Waals surface area contributed by atoms with Crippen molar-refractivity contribution in [3.8, 4) is 0 Å². The molecular formula is C14H20OS. The van der Waals surface area contributed by atoms with E-state index in [0.29, 0.717) is 5.25 Å². The first-order chi connectivity index (χ1) is 7.66. The topological polar surface area (TPSA) is 20.2 Å². The fourth-order valence-electron chi connectivity index (χ4n) is 2.31. The average Bonchev–Trinajstić information content (AvgIpc) is 2.25. The Morgan fingerprint density at radius 3 is 2.62 bits per heavy atom. The van der Waals surface area contributed by atoms with Crippen molar-refractivity contribution in [3.63, 3.8) is 0 Å².